The van der Waals surface area contributed by atoms with E-state index in [-0.39, 0.29) is 5.91 Å². The molecule has 0 N–H and O–H groups in total. The minimum atomic E-state index is -0.0184. The van der Waals surface area contributed by atoms with E-state index in [1.165, 1.54) is 5.56 Å². The number of nitrogens with zero attached hydrogens (tertiary/aromatic N) is 3. The Morgan fingerprint density at radius 3 is 2.69 bits per heavy atom. The first-order valence-electron chi connectivity index (χ1n) is 9.42. The quantitative estimate of drug-likeness (QED) is 0.814. The smallest absolute Gasteiger partial charge is 0.292 e. The van der Waals surface area contributed by atoms with E-state index in [1.54, 1.807) is 0 Å². The van der Waals surface area contributed by atoms with Crippen LogP contribution in [-0.2, 0) is 6.54 Å². The van der Waals surface area contributed by atoms with Crippen LogP contribution in [0.2, 0.25) is 5.02 Å². The van der Waals surface area contributed by atoms with Crippen molar-refractivity contribution in [2.24, 2.45) is 0 Å². The number of carbonyl (C=O) groups excluding carboxylic acids is 1. The van der Waals surface area contributed by atoms with Crippen LogP contribution in [-0.4, -0.2) is 47.0 Å². The Hall–Kier alpha value is -1.85. The van der Waals surface area contributed by atoms with Gasteiger partial charge in [0.15, 0.2) is 0 Å². The molecule has 2 saturated heterocycles. The van der Waals surface area contributed by atoms with Gasteiger partial charge in [-0.3, -0.25) is 9.69 Å². The molecule has 1 aromatic heterocycles. The number of piperidine rings is 1. The number of hydrogen-bond acceptors (Lipinski definition) is 4. The van der Waals surface area contributed by atoms with Crippen molar-refractivity contribution < 1.29 is 9.32 Å². The summed E-state index contributed by atoms with van der Waals surface area (Å²) in [4.78, 5) is 16.7. The lowest BCUT2D eigenvalue weighted by Gasteiger charge is -2.31. The fraction of sp³-hybridized carbons (Fsp3) is 0.500. The number of rotatable bonds is 4. The van der Waals surface area contributed by atoms with Gasteiger partial charge in [-0.05, 0) is 49.9 Å². The zero-order valence-corrected chi connectivity index (χ0v) is 15.6. The summed E-state index contributed by atoms with van der Waals surface area (Å²) in [5, 5.41) is 4.99. The largest absolute Gasteiger partial charge is 0.351 e. The van der Waals surface area contributed by atoms with Crippen LogP contribution < -0.4 is 0 Å². The molecule has 0 radical (unpaired) electrons. The minimum absolute atomic E-state index is 0.0184. The summed E-state index contributed by atoms with van der Waals surface area (Å²) < 4.78 is 5.38. The van der Waals surface area contributed by atoms with Crippen molar-refractivity contribution in [1.82, 2.24) is 15.0 Å². The highest BCUT2D eigenvalue weighted by molar-refractivity contribution is 6.30. The van der Waals surface area contributed by atoms with Gasteiger partial charge in [0.05, 0.1) is 5.69 Å². The first-order valence-corrected chi connectivity index (χ1v) is 9.79. The monoisotopic (exact) mass is 373 g/mol. The van der Waals surface area contributed by atoms with E-state index in [1.807, 2.05) is 23.1 Å². The minimum Gasteiger partial charge on any atom is -0.351 e. The van der Waals surface area contributed by atoms with Crippen LogP contribution in [0.3, 0.4) is 0 Å². The van der Waals surface area contributed by atoms with Crippen molar-refractivity contribution in [2.45, 2.75) is 38.1 Å². The predicted molar refractivity (Wildman–Crippen MR) is 100 cm³/mol. The Bertz CT molecular complexity index is 753. The molecule has 0 saturated carbocycles. The van der Waals surface area contributed by atoms with Crippen LogP contribution in [0.5, 0.6) is 0 Å². The van der Waals surface area contributed by atoms with Crippen molar-refractivity contribution in [3.63, 3.8) is 0 Å². The van der Waals surface area contributed by atoms with Gasteiger partial charge in [-0.1, -0.05) is 28.9 Å². The number of halogens is 1. The van der Waals surface area contributed by atoms with Gasteiger partial charge in [0.1, 0.15) is 0 Å². The van der Waals surface area contributed by atoms with Gasteiger partial charge >= 0.3 is 0 Å². The Morgan fingerprint density at radius 1 is 1.15 bits per heavy atom. The van der Waals surface area contributed by atoms with E-state index in [9.17, 15) is 4.79 Å². The van der Waals surface area contributed by atoms with Gasteiger partial charge in [0.25, 0.3) is 5.91 Å². The van der Waals surface area contributed by atoms with Gasteiger partial charge < -0.3 is 9.42 Å². The summed E-state index contributed by atoms with van der Waals surface area (Å²) in [5.74, 6) is 0.687. The van der Waals surface area contributed by atoms with Crippen molar-refractivity contribution in [3.05, 3.63) is 52.4 Å². The molecule has 0 spiro atoms. The predicted octanol–water partition coefficient (Wildman–Crippen LogP) is 3.94. The zero-order chi connectivity index (χ0) is 17.9. The summed E-state index contributed by atoms with van der Waals surface area (Å²) in [5.41, 5.74) is 2.17. The van der Waals surface area contributed by atoms with Crippen molar-refractivity contribution in [2.75, 3.05) is 26.2 Å². The molecule has 0 unspecified atom stereocenters. The fourth-order valence-corrected chi connectivity index (χ4v) is 4.07. The molecule has 5 nitrogen and oxygen atoms in total. The second-order valence-electron chi connectivity index (χ2n) is 7.32. The molecule has 4 rings (SSSR count). The van der Waals surface area contributed by atoms with E-state index >= 15 is 0 Å². The summed E-state index contributed by atoms with van der Waals surface area (Å²) >= 11 is 5.97. The number of amides is 1. The summed E-state index contributed by atoms with van der Waals surface area (Å²) in [6.07, 6.45) is 4.37. The number of benzene rings is 1. The molecule has 1 aromatic carbocycles. The van der Waals surface area contributed by atoms with Gasteiger partial charge in [0, 0.05) is 43.2 Å². The molecule has 2 aromatic rings. The van der Waals surface area contributed by atoms with E-state index in [0.717, 1.165) is 69.1 Å². The average molecular weight is 374 g/mol. The molecular formula is C20H24ClN3O2. The van der Waals surface area contributed by atoms with Gasteiger partial charge in [0.2, 0.25) is 5.76 Å². The molecular weight excluding hydrogens is 350 g/mol. The molecule has 3 heterocycles. The van der Waals surface area contributed by atoms with Gasteiger partial charge in [-0.2, -0.15) is 0 Å². The molecule has 138 valence electrons. The van der Waals surface area contributed by atoms with Crippen LogP contribution in [0, 0.1) is 0 Å². The van der Waals surface area contributed by atoms with Crippen LogP contribution in [0.15, 0.2) is 34.9 Å². The van der Waals surface area contributed by atoms with Crippen LogP contribution in [0.25, 0.3) is 0 Å². The maximum absolute atomic E-state index is 12.4. The first-order chi connectivity index (χ1) is 12.7. The topological polar surface area (TPSA) is 49.6 Å². The Morgan fingerprint density at radius 2 is 1.92 bits per heavy atom. The molecule has 1 amide bonds. The lowest BCUT2D eigenvalue weighted by Crippen LogP contribution is -2.34. The van der Waals surface area contributed by atoms with Crippen LogP contribution >= 0.6 is 11.6 Å². The second-order valence-corrected chi connectivity index (χ2v) is 7.75. The van der Waals surface area contributed by atoms with E-state index < -0.39 is 0 Å². The highest BCUT2D eigenvalue weighted by atomic mass is 35.5. The summed E-state index contributed by atoms with van der Waals surface area (Å²) in [6, 6.07) is 9.89. The van der Waals surface area contributed by atoms with Gasteiger partial charge in [-0.15, -0.1) is 0 Å². The van der Waals surface area contributed by atoms with E-state index in [0.29, 0.717) is 11.7 Å². The maximum Gasteiger partial charge on any atom is 0.292 e. The van der Waals surface area contributed by atoms with Gasteiger partial charge in [-0.25, -0.2) is 0 Å². The number of hydrogen-bond donors (Lipinski definition) is 0. The normalized spacial score (nSPS) is 21.3. The fourth-order valence-electron chi connectivity index (χ4n) is 3.95. The lowest BCUT2D eigenvalue weighted by molar-refractivity contribution is 0.0751. The zero-order valence-electron chi connectivity index (χ0n) is 14.9. The van der Waals surface area contributed by atoms with Crippen molar-refractivity contribution in [1.29, 1.82) is 0 Å². The molecule has 26 heavy (non-hydrogen) atoms. The molecule has 6 heteroatoms. The second kappa shape index (κ2) is 7.80. The summed E-state index contributed by atoms with van der Waals surface area (Å²) in [6.45, 7) is 4.58. The first kappa shape index (κ1) is 17.6. The standard InChI is InChI=1S/C20H24ClN3O2/c21-17-7-5-15(6-8-17)13-23-9-3-4-16(14-23)18-12-19(26-22-18)20(25)24-10-1-2-11-24/h5-8,12,16H,1-4,9-11,13-14H2/t16-/m0/s1. The molecule has 0 bridgehead atoms. The maximum atomic E-state index is 12.4. The number of likely N-dealkylation sites (tertiary alicyclic amines) is 2. The van der Waals surface area contributed by atoms with E-state index in [4.69, 9.17) is 16.1 Å². The van der Waals surface area contributed by atoms with Crippen molar-refractivity contribution >= 4 is 17.5 Å². The average Bonchev–Trinajstić information content (AvgIpc) is 3.36. The summed E-state index contributed by atoms with van der Waals surface area (Å²) in [7, 11) is 0. The third-order valence-electron chi connectivity index (χ3n) is 5.38. The van der Waals surface area contributed by atoms with E-state index in [2.05, 4.69) is 22.2 Å². The number of carbonyl (C=O) groups is 1. The molecule has 2 aliphatic rings. The highest BCUT2D eigenvalue weighted by Gasteiger charge is 2.27. The molecule has 0 aliphatic carbocycles. The van der Waals surface area contributed by atoms with Crippen LogP contribution in [0.1, 0.15) is 53.4 Å². The molecule has 2 aliphatic heterocycles. The van der Waals surface area contributed by atoms with Crippen LogP contribution in [0.4, 0.5) is 0 Å². The third kappa shape index (κ3) is 3.94. The lowest BCUT2D eigenvalue weighted by atomic mass is 9.94. The number of aromatic nitrogens is 1. The Kier molecular flexibility index (Phi) is 5.27. The van der Waals surface area contributed by atoms with Crippen molar-refractivity contribution in [3.8, 4) is 0 Å². The molecule has 2 fully saturated rings. The highest BCUT2D eigenvalue weighted by Crippen LogP contribution is 2.28. The Labute approximate surface area is 158 Å². The third-order valence-corrected chi connectivity index (χ3v) is 5.63. The molecule has 1 atom stereocenters. The Balaban J connectivity index is 1.39. The SMILES string of the molecule is O=C(c1cc([C@H]2CCCN(Cc3ccc(Cl)cc3)C2)no1)N1CCCC1.